The molecule has 0 fully saturated rings. The average molecular weight is 376 g/mol. The number of nitrogens with one attached hydrogen (secondary N) is 2. The first-order valence-electron chi connectivity index (χ1n) is 7.61. The summed E-state index contributed by atoms with van der Waals surface area (Å²) in [7, 11) is 3.05. The van der Waals surface area contributed by atoms with Gasteiger partial charge in [-0.15, -0.1) is 0 Å². The molecule has 2 aromatic rings. The van der Waals surface area contributed by atoms with Crippen molar-refractivity contribution >= 4 is 29.6 Å². The van der Waals surface area contributed by atoms with Crippen molar-refractivity contribution in [2.45, 2.75) is 6.54 Å². The fourth-order valence-corrected chi connectivity index (χ4v) is 2.14. The lowest BCUT2D eigenvalue weighted by atomic mass is 10.2. The second kappa shape index (κ2) is 9.43. The number of nitrogens with zero attached hydrogens (tertiary/aromatic N) is 1. The molecule has 2 amide bonds. The molecule has 7 nitrogen and oxygen atoms in total. The molecule has 0 atom stereocenters. The van der Waals surface area contributed by atoms with Crippen LogP contribution in [0.15, 0.2) is 47.6 Å². The highest BCUT2D eigenvalue weighted by Crippen LogP contribution is 2.22. The van der Waals surface area contributed by atoms with Gasteiger partial charge in [-0.25, -0.2) is 5.43 Å². The molecular formula is C18H18ClN3O4. The Morgan fingerprint density at radius 2 is 1.81 bits per heavy atom. The van der Waals surface area contributed by atoms with Crippen LogP contribution < -0.4 is 20.2 Å². The Bertz CT molecular complexity index is 807. The van der Waals surface area contributed by atoms with Crippen LogP contribution in [0.2, 0.25) is 5.02 Å². The number of hydrogen-bond donors (Lipinski definition) is 2. The summed E-state index contributed by atoms with van der Waals surface area (Å²) in [5.74, 6) is -0.512. The van der Waals surface area contributed by atoms with Crippen LogP contribution in [0.5, 0.6) is 11.5 Å². The summed E-state index contributed by atoms with van der Waals surface area (Å²) in [5, 5.41) is 6.87. The van der Waals surface area contributed by atoms with E-state index in [0.717, 1.165) is 5.56 Å². The molecule has 0 saturated heterocycles. The van der Waals surface area contributed by atoms with Crippen LogP contribution in [0.25, 0.3) is 0 Å². The lowest BCUT2D eigenvalue weighted by molar-refractivity contribution is -0.139. The number of amides is 2. The summed E-state index contributed by atoms with van der Waals surface area (Å²) >= 11 is 5.79. The largest absolute Gasteiger partial charge is 0.497 e. The Balaban J connectivity index is 1.90. The second-order valence-corrected chi connectivity index (χ2v) is 5.55. The summed E-state index contributed by atoms with van der Waals surface area (Å²) in [4.78, 5) is 23.6. The van der Waals surface area contributed by atoms with Gasteiger partial charge < -0.3 is 14.8 Å². The van der Waals surface area contributed by atoms with Gasteiger partial charge in [0, 0.05) is 17.1 Å². The van der Waals surface area contributed by atoms with Gasteiger partial charge in [-0.1, -0.05) is 23.7 Å². The maximum absolute atomic E-state index is 11.8. The Kier molecular flexibility index (Phi) is 6.99. The van der Waals surface area contributed by atoms with Gasteiger partial charge in [0.25, 0.3) is 0 Å². The number of benzene rings is 2. The molecule has 0 aromatic heterocycles. The lowest BCUT2D eigenvalue weighted by Gasteiger charge is -2.07. The molecule has 136 valence electrons. The van der Waals surface area contributed by atoms with Gasteiger partial charge in [0.05, 0.1) is 20.4 Å². The minimum absolute atomic E-state index is 0.205. The molecule has 0 saturated carbocycles. The Labute approximate surface area is 155 Å². The first-order valence-corrected chi connectivity index (χ1v) is 7.99. The first-order chi connectivity index (χ1) is 12.5. The zero-order valence-electron chi connectivity index (χ0n) is 14.3. The number of ether oxygens (including phenoxy) is 2. The van der Waals surface area contributed by atoms with Crippen molar-refractivity contribution in [3.63, 3.8) is 0 Å². The topological polar surface area (TPSA) is 89.0 Å². The van der Waals surface area contributed by atoms with Gasteiger partial charge in [0.15, 0.2) is 0 Å². The molecule has 0 heterocycles. The molecule has 2 rings (SSSR count). The molecule has 0 bridgehead atoms. The average Bonchev–Trinajstić information content (AvgIpc) is 2.67. The summed E-state index contributed by atoms with van der Waals surface area (Å²) in [5.41, 5.74) is 3.58. The number of carbonyl (C=O) groups excluding carboxylic acids is 2. The van der Waals surface area contributed by atoms with E-state index in [9.17, 15) is 9.59 Å². The quantitative estimate of drug-likeness (QED) is 0.460. The van der Waals surface area contributed by atoms with E-state index in [1.54, 1.807) is 42.5 Å². The van der Waals surface area contributed by atoms with Gasteiger partial charge in [0.1, 0.15) is 11.5 Å². The summed E-state index contributed by atoms with van der Waals surface area (Å²) in [6, 6.07) is 12.1. The van der Waals surface area contributed by atoms with Crippen LogP contribution >= 0.6 is 11.6 Å². The molecule has 0 spiro atoms. The van der Waals surface area contributed by atoms with Crippen molar-refractivity contribution in [1.29, 1.82) is 0 Å². The van der Waals surface area contributed by atoms with Crippen molar-refractivity contribution in [1.82, 2.24) is 10.7 Å². The summed E-state index contributed by atoms with van der Waals surface area (Å²) in [6.45, 7) is 0.205. The molecular weight excluding hydrogens is 358 g/mol. The molecule has 26 heavy (non-hydrogen) atoms. The Hall–Kier alpha value is -3.06. The smallest absolute Gasteiger partial charge is 0.329 e. The third-order valence-electron chi connectivity index (χ3n) is 3.38. The number of hydrogen-bond acceptors (Lipinski definition) is 5. The van der Waals surface area contributed by atoms with Crippen molar-refractivity contribution in [2.75, 3.05) is 14.2 Å². The normalized spacial score (nSPS) is 10.4. The standard InChI is InChI=1S/C18H18ClN3O4/c1-25-15-7-8-16(26-2)13(9-15)11-21-22-18(24)17(23)20-10-12-3-5-14(19)6-4-12/h3-9,11H,10H2,1-2H3,(H,20,23)(H,22,24)/b21-11-. The van der Waals surface area contributed by atoms with Gasteiger partial charge in [-0.05, 0) is 35.9 Å². The number of hydrazone groups is 1. The molecule has 0 aliphatic heterocycles. The number of rotatable bonds is 6. The van der Waals surface area contributed by atoms with E-state index >= 15 is 0 Å². The summed E-state index contributed by atoms with van der Waals surface area (Å²) < 4.78 is 10.3. The highest BCUT2D eigenvalue weighted by Gasteiger charge is 2.12. The molecule has 0 aliphatic carbocycles. The molecule has 0 unspecified atom stereocenters. The van der Waals surface area contributed by atoms with Crippen LogP contribution in [0, 0.1) is 0 Å². The van der Waals surface area contributed by atoms with E-state index in [2.05, 4.69) is 15.8 Å². The van der Waals surface area contributed by atoms with Crippen molar-refractivity contribution in [3.05, 3.63) is 58.6 Å². The van der Waals surface area contributed by atoms with E-state index in [1.807, 2.05) is 0 Å². The maximum Gasteiger partial charge on any atom is 0.329 e. The van der Waals surface area contributed by atoms with Crippen molar-refractivity contribution in [3.8, 4) is 11.5 Å². The second-order valence-electron chi connectivity index (χ2n) is 5.12. The van der Waals surface area contributed by atoms with Gasteiger partial charge >= 0.3 is 11.8 Å². The Morgan fingerprint density at radius 3 is 2.46 bits per heavy atom. The van der Waals surface area contributed by atoms with Crippen LogP contribution in [0.1, 0.15) is 11.1 Å². The van der Waals surface area contributed by atoms with E-state index in [0.29, 0.717) is 22.1 Å². The Morgan fingerprint density at radius 1 is 1.08 bits per heavy atom. The fraction of sp³-hybridized carbons (Fsp3) is 0.167. The monoisotopic (exact) mass is 375 g/mol. The number of carbonyl (C=O) groups is 2. The number of methoxy groups -OCH3 is 2. The number of halogens is 1. The summed E-state index contributed by atoms with van der Waals surface area (Å²) in [6.07, 6.45) is 1.37. The van der Waals surface area contributed by atoms with Gasteiger partial charge in [-0.2, -0.15) is 5.10 Å². The predicted octanol–water partition coefficient (Wildman–Crippen LogP) is 2.12. The van der Waals surface area contributed by atoms with E-state index < -0.39 is 11.8 Å². The minimum Gasteiger partial charge on any atom is -0.497 e. The van der Waals surface area contributed by atoms with Crippen LogP contribution in [-0.4, -0.2) is 32.2 Å². The molecule has 2 aromatic carbocycles. The predicted molar refractivity (Wildman–Crippen MR) is 98.6 cm³/mol. The molecule has 0 aliphatic rings. The zero-order chi connectivity index (χ0) is 18.9. The third-order valence-corrected chi connectivity index (χ3v) is 3.63. The first kappa shape index (κ1) is 19.3. The van der Waals surface area contributed by atoms with Crippen LogP contribution in [0.3, 0.4) is 0 Å². The third kappa shape index (κ3) is 5.49. The van der Waals surface area contributed by atoms with Crippen molar-refractivity contribution < 1.29 is 19.1 Å². The SMILES string of the molecule is COc1ccc(OC)c(/C=N\NC(=O)C(=O)NCc2ccc(Cl)cc2)c1. The molecule has 8 heteroatoms. The zero-order valence-corrected chi connectivity index (χ0v) is 15.0. The minimum atomic E-state index is -0.878. The van der Waals surface area contributed by atoms with E-state index in [1.165, 1.54) is 20.4 Å². The maximum atomic E-state index is 11.8. The van der Waals surface area contributed by atoms with E-state index in [-0.39, 0.29) is 6.54 Å². The van der Waals surface area contributed by atoms with Crippen LogP contribution in [-0.2, 0) is 16.1 Å². The van der Waals surface area contributed by atoms with Crippen LogP contribution in [0.4, 0.5) is 0 Å². The van der Waals surface area contributed by atoms with Crippen molar-refractivity contribution in [2.24, 2.45) is 5.10 Å². The molecule has 0 radical (unpaired) electrons. The highest BCUT2D eigenvalue weighted by atomic mass is 35.5. The van der Waals surface area contributed by atoms with E-state index in [4.69, 9.17) is 21.1 Å². The van der Waals surface area contributed by atoms with Gasteiger partial charge in [-0.3, -0.25) is 9.59 Å². The lowest BCUT2D eigenvalue weighted by Crippen LogP contribution is -2.37. The van der Waals surface area contributed by atoms with Gasteiger partial charge in [0.2, 0.25) is 0 Å². The highest BCUT2D eigenvalue weighted by molar-refractivity contribution is 6.35. The molecule has 2 N–H and O–H groups in total. The fourth-order valence-electron chi connectivity index (χ4n) is 2.02.